The molecule has 2 aliphatic heterocycles. The Hall–Kier alpha value is -0.0900. The summed E-state index contributed by atoms with van der Waals surface area (Å²) in [7, 11) is -3.05. The molecule has 3 rings (SSSR count). The number of likely N-dealkylation sites (tertiary alicyclic amines) is 1. The zero-order valence-corrected chi connectivity index (χ0v) is 21.5. The summed E-state index contributed by atoms with van der Waals surface area (Å²) < 4.78 is 25.0. The SMILES string of the molecule is CCNC(=NCC1CCN(S(C)(=O)=O)CC1)N1CCCC2(CCCCCC2)C1.I. The second-order valence-corrected chi connectivity index (χ2v) is 11.2. The number of piperidine rings is 2. The summed E-state index contributed by atoms with van der Waals surface area (Å²) in [5.74, 6) is 1.57. The van der Waals surface area contributed by atoms with E-state index in [0.29, 0.717) is 24.4 Å². The predicted molar refractivity (Wildman–Crippen MR) is 131 cm³/mol. The second kappa shape index (κ2) is 11.5. The van der Waals surface area contributed by atoms with Crippen LogP contribution in [0.2, 0.25) is 0 Å². The first-order chi connectivity index (χ1) is 13.4. The summed E-state index contributed by atoms with van der Waals surface area (Å²) in [5, 5.41) is 3.53. The van der Waals surface area contributed by atoms with Gasteiger partial charge in [-0.25, -0.2) is 12.7 Å². The lowest BCUT2D eigenvalue weighted by molar-refractivity contribution is 0.115. The largest absolute Gasteiger partial charge is 0.357 e. The van der Waals surface area contributed by atoms with Crippen molar-refractivity contribution >= 4 is 40.0 Å². The van der Waals surface area contributed by atoms with Crippen molar-refractivity contribution in [1.82, 2.24) is 14.5 Å². The van der Waals surface area contributed by atoms with E-state index in [4.69, 9.17) is 4.99 Å². The van der Waals surface area contributed by atoms with Gasteiger partial charge in [-0.1, -0.05) is 25.7 Å². The van der Waals surface area contributed by atoms with E-state index in [1.54, 1.807) is 4.31 Å². The molecule has 0 radical (unpaired) electrons. The van der Waals surface area contributed by atoms with Crippen LogP contribution in [0.25, 0.3) is 0 Å². The van der Waals surface area contributed by atoms with Gasteiger partial charge < -0.3 is 10.2 Å². The number of nitrogens with zero attached hydrogens (tertiary/aromatic N) is 3. The summed E-state index contributed by atoms with van der Waals surface area (Å²) in [6.45, 7) is 7.40. The average Bonchev–Trinajstić information content (AvgIpc) is 2.90. The van der Waals surface area contributed by atoms with Gasteiger partial charge in [0.1, 0.15) is 0 Å². The monoisotopic (exact) mass is 540 g/mol. The van der Waals surface area contributed by atoms with Crippen LogP contribution in [0.5, 0.6) is 0 Å². The fourth-order valence-corrected chi connectivity index (χ4v) is 6.21. The normalized spacial score (nSPS) is 24.8. The lowest BCUT2D eigenvalue weighted by Gasteiger charge is -2.44. The Balaban J connectivity index is 0.00000300. The standard InChI is InChI=1S/C21H40N4O2S.HI/c1-3-22-20(23-17-19-9-15-25(16-10-19)28(2,26)27)24-14-8-13-21(18-24)11-6-4-5-7-12-21;/h19H,3-18H2,1-2H3,(H,22,23);1H. The maximum atomic E-state index is 11.7. The van der Waals surface area contributed by atoms with Gasteiger partial charge in [0.05, 0.1) is 6.26 Å². The third kappa shape index (κ3) is 7.23. The van der Waals surface area contributed by atoms with E-state index < -0.39 is 10.0 Å². The van der Waals surface area contributed by atoms with Crippen molar-refractivity contribution in [3.63, 3.8) is 0 Å². The molecule has 0 aromatic heterocycles. The van der Waals surface area contributed by atoms with E-state index >= 15 is 0 Å². The van der Waals surface area contributed by atoms with Crippen molar-refractivity contribution in [3.8, 4) is 0 Å². The van der Waals surface area contributed by atoms with Crippen molar-refractivity contribution in [2.24, 2.45) is 16.3 Å². The molecule has 0 aromatic carbocycles. The number of halogens is 1. The highest BCUT2D eigenvalue weighted by atomic mass is 127. The molecule has 3 fully saturated rings. The summed E-state index contributed by atoms with van der Waals surface area (Å²) in [6.07, 6.45) is 14.2. The van der Waals surface area contributed by atoms with Crippen LogP contribution < -0.4 is 5.32 Å². The molecular formula is C21H41IN4O2S. The molecule has 1 N–H and O–H groups in total. The molecule has 0 atom stereocenters. The molecule has 170 valence electrons. The van der Waals surface area contributed by atoms with E-state index in [1.807, 2.05) is 0 Å². The Labute approximate surface area is 195 Å². The molecule has 1 spiro atoms. The first-order valence-corrected chi connectivity index (χ1v) is 13.3. The van der Waals surface area contributed by atoms with Gasteiger partial charge >= 0.3 is 0 Å². The zero-order chi connectivity index (χ0) is 20.0. The molecule has 1 saturated carbocycles. The summed E-state index contributed by atoms with van der Waals surface area (Å²) in [5.41, 5.74) is 0.506. The average molecular weight is 541 g/mol. The predicted octanol–water partition coefficient (Wildman–Crippen LogP) is 3.68. The Morgan fingerprint density at radius 3 is 2.24 bits per heavy atom. The maximum Gasteiger partial charge on any atom is 0.211 e. The summed E-state index contributed by atoms with van der Waals surface area (Å²) in [4.78, 5) is 7.53. The molecule has 0 aromatic rings. The van der Waals surface area contributed by atoms with Gasteiger partial charge in [-0.15, -0.1) is 24.0 Å². The summed E-state index contributed by atoms with van der Waals surface area (Å²) in [6, 6.07) is 0. The van der Waals surface area contributed by atoms with Crippen LogP contribution in [0.3, 0.4) is 0 Å². The van der Waals surface area contributed by atoms with Crippen LogP contribution in [0.15, 0.2) is 4.99 Å². The highest BCUT2D eigenvalue weighted by Crippen LogP contribution is 2.42. The second-order valence-electron chi connectivity index (χ2n) is 9.24. The molecule has 2 saturated heterocycles. The van der Waals surface area contributed by atoms with E-state index in [0.717, 1.165) is 45.0 Å². The van der Waals surface area contributed by atoms with E-state index in [-0.39, 0.29) is 24.0 Å². The Morgan fingerprint density at radius 2 is 1.66 bits per heavy atom. The van der Waals surface area contributed by atoms with Gasteiger partial charge in [0.2, 0.25) is 10.0 Å². The molecule has 8 heteroatoms. The Kier molecular flexibility index (Phi) is 9.99. The minimum absolute atomic E-state index is 0. The van der Waals surface area contributed by atoms with Gasteiger partial charge in [0.25, 0.3) is 0 Å². The van der Waals surface area contributed by atoms with Crippen LogP contribution in [0.1, 0.15) is 71.1 Å². The summed E-state index contributed by atoms with van der Waals surface area (Å²) >= 11 is 0. The molecule has 29 heavy (non-hydrogen) atoms. The highest BCUT2D eigenvalue weighted by Gasteiger charge is 2.36. The smallest absolute Gasteiger partial charge is 0.211 e. The van der Waals surface area contributed by atoms with Crippen LogP contribution in [-0.4, -0.2) is 69.1 Å². The lowest BCUT2D eigenvalue weighted by atomic mass is 9.74. The van der Waals surface area contributed by atoms with Crippen LogP contribution in [0, 0.1) is 11.3 Å². The Bertz CT molecular complexity index is 625. The molecule has 2 heterocycles. The molecule has 1 aliphatic carbocycles. The quantitative estimate of drug-likeness (QED) is 0.336. The first kappa shape index (κ1) is 25.2. The van der Waals surface area contributed by atoms with Crippen LogP contribution >= 0.6 is 24.0 Å². The fraction of sp³-hybridized carbons (Fsp3) is 0.952. The third-order valence-electron chi connectivity index (χ3n) is 7.00. The topological polar surface area (TPSA) is 65.0 Å². The minimum Gasteiger partial charge on any atom is -0.357 e. The van der Waals surface area contributed by atoms with Crippen LogP contribution in [-0.2, 0) is 10.0 Å². The molecular weight excluding hydrogens is 499 g/mol. The van der Waals surface area contributed by atoms with Gasteiger partial charge in [-0.3, -0.25) is 4.99 Å². The number of guanidine groups is 1. The Morgan fingerprint density at radius 1 is 1.03 bits per heavy atom. The first-order valence-electron chi connectivity index (χ1n) is 11.4. The van der Waals surface area contributed by atoms with Crippen molar-refractivity contribution < 1.29 is 8.42 Å². The zero-order valence-electron chi connectivity index (χ0n) is 18.4. The lowest BCUT2D eigenvalue weighted by Crippen LogP contribution is -2.50. The molecule has 0 bridgehead atoms. The molecule has 0 amide bonds. The van der Waals surface area contributed by atoms with Crippen molar-refractivity contribution in [2.45, 2.75) is 71.1 Å². The van der Waals surface area contributed by atoms with Gasteiger partial charge in [0.15, 0.2) is 5.96 Å². The van der Waals surface area contributed by atoms with E-state index in [9.17, 15) is 8.42 Å². The molecule has 0 unspecified atom stereocenters. The van der Waals surface area contributed by atoms with E-state index in [1.165, 1.54) is 57.6 Å². The molecule has 3 aliphatic rings. The highest BCUT2D eigenvalue weighted by molar-refractivity contribution is 14.0. The number of hydrogen-bond donors (Lipinski definition) is 1. The van der Waals surface area contributed by atoms with Crippen molar-refractivity contribution in [2.75, 3.05) is 45.5 Å². The van der Waals surface area contributed by atoms with Crippen molar-refractivity contribution in [3.05, 3.63) is 0 Å². The van der Waals surface area contributed by atoms with Crippen molar-refractivity contribution in [1.29, 1.82) is 0 Å². The number of aliphatic imine (C=N–C) groups is 1. The van der Waals surface area contributed by atoms with Crippen LogP contribution in [0.4, 0.5) is 0 Å². The van der Waals surface area contributed by atoms with Gasteiger partial charge in [0, 0.05) is 39.3 Å². The maximum absolute atomic E-state index is 11.7. The molecule has 6 nitrogen and oxygen atoms in total. The number of hydrogen-bond acceptors (Lipinski definition) is 3. The number of nitrogens with one attached hydrogen (secondary N) is 1. The fourth-order valence-electron chi connectivity index (χ4n) is 5.34. The van der Waals surface area contributed by atoms with E-state index in [2.05, 4.69) is 17.1 Å². The minimum atomic E-state index is -3.05. The number of sulfonamides is 1. The third-order valence-corrected chi connectivity index (χ3v) is 8.30. The van der Waals surface area contributed by atoms with Gasteiger partial charge in [-0.2, -0.15) is 0 Å². The number of rotatable bonds is 4. The van der Waals surface area contributed by atoms with Gasteiger partial charge in [-0.05, 0) is 56.8 Å².